The Kier molecular flexibility index (Phi) is 6.31. The standard InChI is InChI=1S/C3H2O4.2CH2.2Cr/c4-1-6-3-7-2-5;;;;/h3H2;2*1H2;;. The van der Waals surface area contributed by atoms with E-state index >= 15 is 0 Å². The van der Waals surface area contributed by atoms with E-state index in [4.69, 9.17) is 0 Å². The Labute approximate surface area is 76.0 Å². The summed E-state index contributed by atoms with van der Waals surface area (Å²) in [7, 11) is 0. The van der Waals surface area contributed by atoms with Gasteiger partial charge in [-0.1, -0.05) is 0 Å². The number of carbonyl (C=O) groups is 2. The van der Waals surface area contributed by atoms with E-state index in [-0.39, 0.29) is 6.79 Å². The van der Waals surface area contributed by atoms with Gasteiger partial charge in [-0.05, 0) is 0 Å². The van der Waals surface area contributed by atoms with E-state index in [1.54, 1.807) is 0 Å². The summed E-state index contributed by atoms with van der Waals surface area (Å²) in [6.07, 6.45) is 0. The summed E-state index contributed by atoms with van der Waals surface area (Å²) >= 11 is -0.885. The molecule has 0 saturated carbocycles. The second-order valence-corrected chi connectivity index (χ2v) is 3.14. The molecule has 0 unspecified atom stereocenters. The Morgan fingerprint density at radius 1 is 1.09 bits per heavy atom. The molecule has 0 saturated heterocycles. The zero-order chi connectivity index (χ0) is 8.69. The first-order chi connectivity index (χ1) is 5.20. The molecule has 0 heterocycles. The van der Waals surface area contributed by atoms with Gasteiger partial charge in [0.2, 0.25) is 0 Å². The van der Waals surface area contributed by atoms with Gasteiger partial charge in [0.1, 0.15) is 0 Å². The molecule has 0 amide bonds. The van der Waals surface area contributed by atoms with Crippen molar-refractivity contribution in [3.63, 3.8) is 0 Å². The van der Waals surface area contributed by atoms with Crippen molar-refractivity contribution in [2.45, 2.75) is 0 Å². The van der Waals surface area contributed by atoms with Crippen LogP contribution in [0, 0.1) is 0 Å². The molecule has 0 aromatic rings. The third kappa shape index (κ3) is 6.16. The summed E-state index contributed by atoms with van der Waals surface area (Å²) in [6.45, 7) is -0.313. The molecule has 0 aromatic carbocycles. The maximum atomic E-state index is 10.4. The molecule has 0 fully saturated rings. The van der Waals surface area contributed by atoms with Crippen LogP contribution in [0.1, 0.15) is 0 Å². The number of carbonyl (C=O) groups excluding carboxylic acids is 2. The van der Waals surface area contributed by atoms with Gasteiger partial charge in [0.15, 0.2) is 0 Å². The Hall–Kier alpha value is -0.255. The van der Waals surface area contributed by atoms with Crippen LogP contribution in [0.3, 0.4) is 0 Å². The van der Waals surface area contributed by atoms with Gasteiger partial charge in [0, 0.05) is 0 Å². The van der Waals surface area contributed by atoms with Crippen molar-refractivity contribution >= 4 is 20.4 Å². The van der Waals surface area contributed by atoms with E-state index in [2.05, 4.69) is 20.2 Å². The molecule has 11 heavy (non-hydrogen) atoms. The van der Waals surface area contributed by atoms with Crippen LogP contribution in [-0.4, -0.2) is 27.2 Å². The molecule has 0 bridgehead atoms. The van der Waals surface area contributed by atoms with Crippen molar-refractivity contribution in [2.24, 2.45) is 0 Å². The topological polar surface area (TPSA) is 52.6 Å². The van der Waals surface area contributed by atoms with Crippen LogP contribution in [0.2, 0.25) is 0 Å². The molecule has 62 valence electrons. The number of ether oxygens (including phenoxy) is 2. The summed E-state index contributed by atoms with van der Waals surface area (Å²) in [6, 6.07) is 0. The summed E-state index contributed by atoms with van der Waals surface area (Å²) in [5, 5.41) is 6.69. The van der Waals surface area contributed by atoms with Crippen molar-refractivity contribution in [2.75, 3.05) is 6.79 Å². The SMILES string of the molecule is [CH2]=[Cr][C](=O)OCO[C](=O)[Cr]=[CH2]. The number of hydrogen-bond acceptors (Lipinski definition) is 4. The van der Waals surface area contributed by atoms with Gasteiger partial charge in [0.25, 0.3) is 0 Å². The van der Waals surface area contributed by atoms with Crippen LogP contribution in [0.4, 0.5) is 9.59 Å². The second kappa shape index (κ2) is 6.45. The van der Waals surface area contributed by atoms with Gasteiger partial charge in [-0.3, -0.25) is 0 Å². The quantitative estimate of drug-likeness (QED) is 0.654. The molecule has 6 heteroatoms. The van der Waals surface area contributed by atoms with Gasteiger partial charge in [0.05, 0.1) is 0 Å². The molecule has 4 nitrogen and oxygen atoms in total. The Morgan fingerprint density at radius 2 is 1.45 bits per heavy atom. The average molecular weight is 234 g/mol. The summed E-state index contributed by atoms with van der Waals surface area (Å²) in [5.41, 5.74) is 0. The van der Waals surface area contributed by atoms with Gasteiger partial charge in [-0.15, -0.1) is 0 Å². The van der Waals surface area contributed by atoms with Crippen LogP contribution in [0.15, 0.2) is 0 Å². The molecule has 0 aliphatic carbocycles. The van der Waals surface area contributed by atoms with E-state index in [1.807, 2.05) is 0 Å². The van der Waals surface area contributed by atoms with E-state index in [0.717, 1.165) is 0 Å². The molecule has 0 N–H and O–H groups in total. The second-order valence-electron chi connectivity index (χ2n) is 1.20. The van der Waals surface area contributed by atoms with Crippen LogP contribution in [0.5, 0.6) is 0 Å². The van der Waals surface area contributed by atoms with Gasteiger partial charge in [-0.2, -0.15) is 0 Å². The Balaban J connectivity index is 3.41. The van der Waals surface area contributed by atoms with Crippen molar-refractivity contribution in [3.05, 3.63) is 0 Å². The van der Waals surface area contributed by atoms with E-state index in [1.165, 1.54) is 0 Å². The average Bonchev–Trinajstić information content (AvgIpc) is 2.04. The number of hydrogen-bond donors (Lipinski definition) is 0. The molecule has 0 radical (unpaired) electrons. The zero-order valence-corrected chi connectivity index (χ0v) is 8.12. The van der Waals surface area contributed by atoms with Gasteiger partial charge >= 0.3 is 75.9 Å². The van der Waals surface area contributed by atoms with Crippen molar-refractivity contribution < 1.29 is 48.6 Å². The minimum absolute atomic E-state index is 0.313. The fraction of sp³-hybridized carbons (Fsp3) is 0.200. The maximum absolute atomic E-state index is 10.4. The van der Waals surface area contributed by atoms with Crippen molar-refractivity contribution in [1.29, 1.82) is 0 Å². The Bertz CT molecular complexity index is 169. The summed E-state index contributed by atoms with van der Waals surface area (Å²) in [5.74, 6) is 0. The molecule has 0 aromatic heterocycles. The third-order valence-electron chi connectivity index (χ3n) is 0.589. The van der Waals surface area contributed by atoms with Crippen LogP contribution in [0.25, 0.3) is 0 Å². The number of rotatable bonds is 4. The summed E-state index contributed by atoms with van der Waals surface area (Å²) < 4.78 is 8.86. The molecule has 0 spiro atoms. The monoisotopic (exact) mass is 234 g/mol. The van der Waals surface area contributed by atoms with Gasteiger partial charge in [-0.25, -0.2) is 0 Å². The van der Waals surface area contributed by atoms with Crippen LogP contribution >= 0.6 is 0 Å². The molecular weight excluding hydrogens is 228 g/mol. The third-order valence-corrected chi connectivity index (χ3v) is 1.69. The van der Waals surface area contributed by atoms with Crippen LogP contribution in [-0.2, 0) is 39.0 Å². The minimum atomic E-state index is -0.442. The first-order valence-electron chi connectivity index (χ1n) is 2.38. The fourth-order valence-electron chi connectivity index (χ4n) is 0.209. The van der Waals surface area contributed by atoms with E-state index in [9.17, 15) is 9.59 Å². The summed E-state index contributed by atoms with van der Waals surface area (Å²) in [4.78, 5) is 20.0. The van der Waals surface area contributed by atoms with Crippen molar-refractivity contribution in [3.8, 4) is 0 Å². The predicted molar refractivity (Wildman–Crippen MR) is 32.1 cm³/mol. The first kappa shape index (κ1) is 10.7. The normalized spacial score (nSPS) is 8.00. The first-order valence-corrected chi connectivity index (χ1v) is 5.46. The molecule has 0 rings (SSSR count). The predicted octanol–water partition coefficient (Wildman–Crippen LogP) is 0.246. The molecule has 0 atom stereocenters. The Morgan fingerprint density at radius 3 is 1.73 bits per heavy atom. The molecule has 0 aliphatic rings. The van der Waals surface area contributed by atoms with E-state index in [0.29, 0.717) is 0 Å². The van der Waals surface area contributed by atoms with Crippen molar-refractivity contribution in [1.82, 2.24) is 0 Å². The molecular formula is C5H6Cr2O4. The van der Waals surface area contributed by atoms with Crippen LogP contribution < -0.4 is 0 Å². The van der Waals surface area contributed by atoms with E-state index < -0.39 is 39.2 Å². The zero-order valence-electron chi connectivity index (χ0n) is 5.57. The molecule has 0 aliphatic heterocycles. The fourth-order valence-corrected chi connectivity index (χ4v) is 0.620. The van der Waals surface area contributed by atoms with Gasteiger partial charge < -0.3 is 0 Å².